The molecule has 0 radical (unpaired) electrons. The number of amides is 1. The van der Waals surface area contributed by atoms with E-state index in [1.165, 1.54) is 24.4 Å². The minimum Gasteiger partial charge on any atom is -0.505 e. The van der Waals surface area contributed by atoms with E-state index in [0.29, 0.717) is 17.2 Å². The van der Waals surface area contributed by atoms with Crippen molar-refractivity contribution in [2.45, 2.75) is 43.9 Å². The zero-order valence-electron chi connectivity index (χ0n) is 15.6. The van der Waals surface area contributed by atoms with E-state index in [1.54, 1.807) is 0 Å². The fraction of sp³-hybridized carbons (Fsp3) is 0.421. The van der Waals surface area contributed by atoms with Gasteiger partial charge in [0.1, 0.15) is 0 Å². The molecule has 1 amide bonds. The van der Waals surface area contributed by atoms with Gasteiger partial charge in [-0.1, -0.05) is 26.2 Å². The Morgan fingerprint density at radius 1 is 1.18 bits per heavy atom. The number of carboxylic acid groups (broad SMARTS) is 1. The van der Waals surface area contributed by atoms with Gasteiger partial charge in [-0.05, 0) is 24.6 Å². The van der Waals surface area contributed by atoms with Crippen molar-refractivity contribution in [1.82, 2.24) is 10.3 Å². The summed E-state index contributed by atoms with van der Waals surface area (Å²) >= 11 is 0. The van der Waals surface area contributed by atoms with Crippen LogP contribution in [0.2, 0.25) is 0 Å². The zero-order chi connectivity index (χ0) is 20.7. The number of hydrogen-bond acceptors (Lipinski definition) is 6. The largest absolute Gasteiger partial charge is 0.505 e. The van der Waals surface area contributed by atoms with Crippen LogP contribution in [0.25, 0.3) is 10.8 Å². The standard InChI is InChI=1S/C19H24N2O6S/c1-2-3-4-5-10-28(26,27)14-6-7-15-13(11-14)12-21-17(18(15)24)19(25)20-9-8-16(22)23/h6-7,11-12,24H,2-5,8-10H2,1H3,(H,20,25)(H,22,23). The van der Waals surface area contributed by atoms with Crippen LogP contribution >= 0.6 is 0 Å². The van der Waals surface area contributed by atoms with Crippen LogP contribution in [0, 0.1) is 0 Å². The number of benzene rings is 1. The van der Waals surface area contributed by atoms with E-state index >= 15 is 0 Å². The third-order valence-electron chi connectivity index (χ3n) is 4.30. The smallest absolute Gasteiger partial charge is 0.305 e. The predicted molar refractivity (Wildman–Crippen MR) is 104 cm³/mol. The van der Waals surface area contributed by atoms with E-state index in [4.69, 9.17) is 5.11 Å². The van der Waals surface area contributed by atoms with Crippen molar-refractivity contribution < 1.29 is 28.2 Å². The number of carboxylic acids is 1. The summed E-state index contributed by atoms with van der Waals surface area (Å²) in [6.45, 7) is 1.96. The predicted octanol–water partition coefficient (Wildman–Crippen LogP) is 2.50. The van der Waals surface area contributed by atoms with Crippen LogP contribution in [-0.4, -0.2) is 47.8 Å². The van der Waals surface area contributed by atoms with Crippen molar-refractivity contribution in [3.05, 3.63) is 30.1 Å². The Hall–Kier alpha value is -2.68. The molecule has 2 aromatic rings. The van der Waals surface area contributed by atoms with Crippen molar-refractivity contribution in [2.24, 2.45) is 0 Å². The van der Waals surface area contributed by atoms with Crippen LogP contribution in [0.5, 0.6) is 5.75 Å². The average Bonchev–Trinajstić information content (AvgIpc) is 2.65. The van der Waals surface area contributed by atoms with Crippen LogP contribution in [-0.2, 0) is 14.6 Å². The molecule has 0 bridgehead atoms. The number of pyridine rings is 1. The molecular weight excluding hydrogens is 384 g/mol. The van der Waals surface area contributed by atoms with Crippen LogP contribution in [0.1, 0.15) is 49.5 Å². The fourth-order valence-corrected chi connectivity index (χ4v) is 4.15. The van der Waals surface area contributed by atoms with E-state index in [-0.39, 0.29) is 35.1 Å². The monoisotopic (exact) mass is 408 g/mol. The molecule has 0 saturated heterocycles. The van der Waals surface area contributed by atoms with Crippen LogP contribution in [0.15, 0.2) is 29.3 Å². The first-order valence-electron chi connectivity index (χ1n) is 9.10. The molecule has 9 heteroatoms. The Morgan fingerprint density at radius 2 is 1.93 bits per heavy atom. The molecule has 152 valence electrons. The molecule has 0 spiro atoms. The number of carbonyl (C=O) groups excluding carboxylic acids is 1. The number of aromatic hydroxyl groups is 1. The molecule has 28 heavy (non-hydrogen) atoms. The normalized spacial score (nSPS) is 11.5. The zero-order valence-corrected chi connectivity index (χ0v) is 16.5. The minimum atomic E-state index is -3.44. The number of aromatic nitrogens is 1. The maximum atomic E-state index is 12.5. The quantitative estimate of drug-likeness (QED) is 0.514. The first-order valence-corrected chi connectivity index (χ1v) is 10.8. The van der Waals surface area contributed by atoms with Crippen molar-refractivity contribution in [3.8, 4) is 5.75 Å². The van der Waals surface area contributed by atoms with Gasteiger partial charge in [-0.3, -0.25) is 9.59 Å². The fourth-order valence-electron chi connectivity index (χ4n) is 2.75. The third kappa shape index (κ3) is 5.41. The molecule has 0 aliphatic rings. The number of hydrogen-bond donors (Lipinski definition) is 3. The Labute approximate surface area is 163 Å². The number of sulfone groups is 1. The van der Waals surface area contributed by atoms with Crippen molar-refractivity contribution in [2.75, 3.05) is 12.3 Å². The topological polar surface area (TPSA) is 134 Å². The summed E-state index contributed by atoms with van der Waals surface area (Å²) in [6, 6.07) is 4.28. The number of aliphatic carboxylic acids is 1. The molecule has 0 fully saturated rings. The molecule has 8 nitrogen and oxygen atoms in total. The lowest BCUT2D eigenvalue weighted by atomic mass is 10.1. The molecular formula is C19H24N2O6S. The highest BCUT2D eigenvalue weighted by Gasteiger charge is 2.19. The number of unbranched alkanes of at least 4 members (excludes halogenated alkanes) is 3. The van der Waals surface area contributed by atoms with Gasteiger partial charge in [-0.25, -0.2) is 13.4 Å². The maximum absolute atomic E-state index is 12.5. The molecule has 1 aromatic carbocycles. The van der Waals surface area contributed by atoms with Gasteiger partial charge in [-0.2, -0.15) is 0 Å². The molecule has 0 unspecified atom stereocenters. The summed E-state index contributed by atoms with van der Waals surface area (Å²) < 4.78 is 25.0. The van der Waals surface area contributed by atoms with Gasteiger partial charge < -0.3 is 15.5 Å². The number of fused-ring (bicyclic) bond motifs is 1. The first kappa shape index (κ1) is 21.6. The molecule has 3 N–H and O–H groups in total. The molecule has 2 rings (SSSR count). The molecule has 0 aliphatic carbocycles. The summed E-state index contributed by atoms with van der Waals surface area (Å²) in [4.78, 5) is 26.6. The van der Waals surface area contributed by atoms with Crippen LogP contribution in [0.4, 0.5) is 0 Å². The maximum Gasteiger partial charge on any atom is 0.305 e. The molecule has 0 aliphatic heterocycles. The highest BCUT2D eigenvalue weighted by Crippen LogP contribution is 2.29. The Bertz CT molecular complexity index is 972. The van der Waals surface area contributed by atoms with Gasteiger partial charge >= 0.3 is 5.97 Å². The van der Waals surface area contributed by atoms with Gasteiger partial charge in [0.15, 0.2) is 21.3 Å². The lowest BCUT2D eigenvalue weighted by molar-refractivity contribution is -0.136. The second kappa shape index (κ2) is 9.50. The van der Waals surface area contributed by atoms with E-state index in [1.807, 2.05) is 0 Å². The van der Waals surface area contributed by atoms with E-state index < -0.39 is 21.7 Å². The molecule has 1 heterocycles. The molecule has 0 saturated carbocycles. The second-order valence-electron chi connectivity index (χ2n) is 6.48. The molecule has 0 atom stereocenters. The van der Waals surface area contributed by atoms with Gasteiger partial charge in [0, 0.05) is 23.5 Å². The number of rotatable bonds is 10. The number of nitrogens with zero attached hydrogens (tertiary/aromatic N) is 1. The van der Waals surface area contributed by atoms with Crippen molar-refractivity contribution >= 4 is 32.5 Å². The van der Waals surface area contributed by atoms with Crippen LogP contribution < -0.4 is 5.32 Å². The first-order chi connectivity index (χ1) is 13.3. The molecule has 1 aromatic heterocycles. The highest BCUT2D eigenvalue weighted by molar-refractivity contribution is 7.91. The van der Waals surface area contributed by atoms with Crippen molar-refractivity contribution in [1.29, 1.82) is 0 Å². The Balaban J connectivity index is 2.21. The minimum absolute atomic E-state index is 0.0575. The van der Waals surface area contributed by atoms with Gasteiger partial charge in [0.2, 0.25) is 0 Å². The average molecular weight is 408 g/mol. The number of carbonyl (C=O) groups is 2. The summed E-state index contributed by atoms with van der Waals surface area (Å²) in [5.74, 6) is -2.08. The third-order valence-corrected chi connectivity index (χ3v) is 6.10. The summed E-state index contributed by atoms with van der Waals surface area (Å²) in [6.07, 6.45) is 4.52. The summed E-state index contributed by atoms with van der Waals surface area (Å²) in [7, 11) is -3.44. The Kier molecular flexibility index (Phi) is 7.33. The Morgan fingerprint density at radius 3 is 2.61 bits per heavy atom. The van der Waals surface area contributed by atoms with Crippen LogP contribution in [0.3, 0.4) is 0 Å². The van der Waals surface area contributed by atoms with E-state index in [0.717, 1.165) is 19.3 Å². The second-order valence-corrected chi connectivity index (χ2v) is 8.59. The van der Waals surface area contributed by atoms with Crippen molar-refractivity contribution in [3.63, 3.8) is 0 Å². The lowest BCUT2D eigenvalue weighted by Gasteiger charge is -2.09. The van der Waals surface area contributed by atoms with E-state index in [9.17, 15) is 23.1 Å². The SMILES string of the molecule is CCCCCCS(=O)(=O)c1ccc2c(O)c(C(=O)NCCC(=O)O)ncc2c1. The number of nitrogens with one attached hydrogen (secondary N) is 1. The van der Waals surface area contributed by atoms with Gasteiger partial charge in [-0.15, -0.1) is 0 Å². The van der Waals surface area contributed by atoms with Gasteiger partial charge in [0.05, 0.1) is 17.1 Å². The summed E-state index contributed by atoms with van der Waals surface area (Å²) in [5.41, 5.74) is -0.243. The highest BCUT2D eigenvalue weighted by atomic mass is 32.2. The van der Waals surface area contributed by atoms with Gasteiger partial charge in [0.25, 0.3) is 5.91 Å². The van der Waals surface area contributed by atoms with E-state index in [2.05, 4.69) is 17.2 Å². The lowest BCUT2D eigenvalue weighted by Crippen LogP contribution is -2.26. The summed E-state index contributed by atoms with van der Waals surface area (Å²) in [5, 5.41) is 22.0.